The van der Waals surface area contributed by atoms with Crippen molar-refractivity contribution in [2.24, 2.45) is 11.8 Å². The van der Waals surface area contributed by atoms with Crippen molar-refractivity contribution in [2.75, 3.05) is 23.7 Å². The van der Waals surface area contributed by atoms with Crippen molar-refractivity contribution in [3.05, 3.63) is 66.5 Å². The number of nitrogens with one attached hydrogen (secondary N) is 3. The molecule has 2 fully saturated rings. The number of benzene rings is 2. The standard InChI is InChI=1S/C33H38N6O2/c1-21-7-3-8-23(21)19-30(40)38-28-12-4-10-26-25(28)14-13-22(2)31(26)41-32-27(11-6-17-35-32)29-15-18-36-33(39-29)37-24-9-5-16-34-20-24/h4,6,10-15,17-18,21,23-24,34H,3,5,7-9,16,19-20H2,1-2H3,(H,38,40)(H,36,37,39)/t21?,23-,24-/m0/s1. The molecule has 2 aromatic carbocycles. The van der Waals surface area contributed by atoms with Crippen LogP contribution in [0.4, 0.5) is 11.6 Å². The topological polar surface area (TPSA) is 101 Å². The summed E-state index contributed by atoms with van der Waals surface area (Å²) in [5, 5.41) is 11.9. The largest absolute Gasteiger partial charge is 0.437 e. The number of anilines is 2. The van der Waals surface area contributed by atoms with Crippen molar-refractivity contribution < 1.29 is 9.53 Å². The van der Waals surface area contributed by atoms with E-state index in [-0.39, 0.29) is 5.91 Å². The lowest BCUT2D eigenvalue weighted by Gasteiger charge is -2.23. The number of rotatable bonds is 8. The van der Waals surface area contributed by atoms with Crippen LogP contribution in [0, 0.1) is 18.8 Å². The predicted molar refractivity (Wildman–Crippen MR) is 163 cm³/mol. The normalized spacial score (nSPS) is 20.6. The number of aromatic nitrogens is 3. The van der Waals surface area contributed by atoms with E-state index in [0.717, 1.165) is 65.6 Å². The van der Waals surface area contributed by atoms with E-state index in [4.69, 9.17) is 9.72 Å². The molecule has 41 heavy (non-hydrogen) atoms. The first-order valence-electron chi connectivity index (χ1n) is 14.8. The van der Waals surface area contributed by atoms with Gasteiger partial charge in [-0.3, -0.25) is 4.79 Å². The van der Waals surface area contributed by atoms with Gasteiger partial charge >= 0.3 is 0 Å². The van der Waals surface area contributed by atoms with Crippen molar-refractivity contribution in [1.82, 2.24) is 20.3 Å². The highest BCUT2D eigenvalue weighted by molar-refractivity contribution is 6.04. The molecule has 1 aliphatic heterocycles. The number of hydrogen-bond donors (Lipinski definition) is 3. The van der Waals surface area contributed by atoms with Crippen LogP contribution in [0.15, 0.2) is 60.9 Å². The Labute approximate surface area is 241 Å². The van der Waals surface area contributed by atoms with Gasteiger partial charge in [0.2, 0.25) is 17.7 Å². The van der Waals surface area contributed by atoms with Crippen LogP contribution >= 0.6 is 0 Å². The molecule has 0 bridgehead atoms. The van der Waals surface area contributed by atoms with E-state index in [9.17, 15) is 4.79 Å². The van der Waals surface area contributed by atoms with E-state index in [1.165, 1.54) is 12.8 Å². The second-order valence-corrected chi connectivity index (χ2v) is 11.4. The third kappa shape index (κ3) is 6.17. The number of pyridine rings is 1. The quantitative estimate of drug-likeness (QED) is 0.224. The summed E-state index contributed by atoms with van der Waals surface area (Å²) < 4.78 is 6.56. The maximum Gasteiger partial charge on any atom is 0.228 e. The van der Waals surface area contributed by atoms with Crippen LogP contribution in [0.5, 0.6) is 11.6 Å². The number of piperidine rings is 1. The summed E-state index contributed by atoms with van der Waals surface area (Å²) in [6.45, 7) is 6.23. The molecule has 2 aromatic heterocycles. The lowest BCUT2D eigenvalue weighted by molar-refractivity contribution is -0.117. The lowest BCUT2D eigenvalue weighted by Crippen LogP contribution is -2.38. The fourth-order valence-electron chi connectivity index (χ4n) is 6.15. The number of carbonyl (C=O) groups is 1. The van der Waals surface area contributed by atoms with Gasteiger partial charge in [-0.2, -0.15) is 0 Å². The molecule has 8 nitrogen and oxygen atoms in total. The smallest absolute Gasteiger partial charge is 0.228 e. The van der Waals surface area contributed by atoms with Gasteiger partial charge in [0.05, 0.1) is 11.3 Å². The van der Waals surface area contributed by atoms with Gasteiger partial charge in [0.15, 0.2) is 0 Å². The number of fused-ring (bicyclic) bond motifs is 1. The maximum absolute atomic E-state index is 13.0. The SMILES string of the molecule is Cc1ccc2c(NC(=O)C[C@@H]3CCCC3C)cccc2c1Oc1ncccc1-c1ccnc(N[C@H]2CCCNC2)n1. The molecule has 3 N–H and O–H groups in total. The number of aryl methyl sites for hydroxylation is 1. The van der Waals surface area contributed by atoms with Crippen LogP contribution in [0.2, 0.25) is 0 Å². The lowest BCUT2D eigenvalue weighted by atomic mass is 9.94. The molecule has 3 atom stereocenters. The van der Waals surface area contributed by atoms with Gasteiger partial charge in [-0.15, -0.1) is 0 Å². The molecule has 1 unspecified atom stereocenters. The Kier molecular flexibility index (Phi) is 8.09. The fraction of sp³-hybridized carbons (Fsp3) is 0.394. The van der Waals surface area contributed by atoms with Crippen molar-refractivity contribution in [2.45, 2.75) is 58.4 Å². The van der Waals surface area contributed by atoms with Gasteiger partial charge in [-0.25, -0.2) is 15.0 Å². The minimum absolute atomic E-state index is 0.0727. The first-order valence-corrected chi connectivity index (χ1v) is 14.8. The van der Waals surface area contributed by atoms with E-state index < -0.39 is 0 Å². The molecule has 1 amide bonds. The van der Waals surface area contributed by atoms with Crippen LogP contribution in [-0.4, -0.2) is 40.0 Å². The third-order valence-electron chi connectivity index (χ3n) is 8.50. The molecule has 1 saturated carbocycles. The number of amides is 1. The summed E-state index contributed by atoms with van der Waals surface area (Å²) in [4.78, 5) is 26.8. The second-order valence-electron chi connectivity index (χ2n) is 11.4. The molecule has 2 aliphatic rings. The van der Waals surface area contributed by atoms with Gasteiger partial charge in [-0.1, -0.05) is 44.0 Å². The van der Waals surface area contributed by atoms with Crippen LogP contribution in [0.1, 0.15) is 51.0 Å². The van der Waals surface area contributed by atoms with Crippen molar-refractivity contribution in [3.8, 4) is 22.9 Å². The molecule has 1 saturated heterocycles. The van der Waals surface area contributed by atoms with Crippen LogP contribution in [-0.2, 0) is 4.79 Å². The van der Waals surface area contributed by atoms with E-state index in [1.807, 2.05) is 55.5 Å². The Hall–Kier alpha value is -4.04. The monoisotopic (exact) mass is 550 g/mol. The van der Waals surface area contributed by atoms with Crippen LogP contribution in [0.3, 0.4) is 0 Å². The Morgan fingerprint density at radius 1 is 1.00 bits per heavy atom. The summed E-state index contributed by atoms with van der Waals surface area (Å²) >= 11 is 0. The van der Waals surface area contributed by atoms with E-state index in [1.54, 1.807) is 12.4 Å². The Balaban J connectivity index is 1.27. The molecule has 0 spiro atoms. The molecular weight excluding hydrogens is 512 g/mol. The van der Waals surface area contributed by atoms with Crippen molar-refractivity contribution in [1.29, 1.82) is 0 Å². The predicted octanol–water partition coefficient (Wildman–Crippen LogP) is 6.72. The first kappa shape index (κ1) is 27.1. The Morgan fingerprint density at radius 2 is 1.93 bits per heavy atom. The highest BCUT2D eigenvalue weighted by Gasteiger charge is 2.26. The van der Waals surface area contributed by atoms with Crippen molar-refractivity contribution in [3.63, 3.8) is 0 Å². The Bertz CT molecular complexity index is 1530. The highest BCUT2D eigenvalue weighted by atomic mass is 16.5. The molecule has 4 aromatic rings. The van der Waals surface area contributed by atoms with Gasteiger partial charge < -0.3 is 20.7 Å². The third-order valence-corrected chi connectivity index (χ3v) is 8.50. The van der Waals surface area contributed by atoms with Gasteiger partial charge in [0.1, 0.15) is 5.75 Å². The number of hydrogen-bond acceptors (Lipinski definition) is 7. The number of nitrogens with zero attached hydrogens (tertiary/aromatic N) is 3. The van der Waals surface area contributed by atoms with E-state index >= 15 is 0 Å². The van der Waals surface area contributed by atoms with Crippen LogP contribution < -0.4 is 20.7 Å². The maximum atomic E-state index is 13.0. The van der Waals surface area contributed by atoms with Crippen molar-refractivity contribution >= 4 is 28.3 Å². The zero-order chi connectivity index (χ0) is 28.2. The van der Waals surface area contributed by atoms with E-state index in [2.05, 4.69) is 32.8 Å². The summed E-state index contributed by atoms with van der Waals surface area (Å²) in [7, 11) is 0. The van der Waals surface area contributed by atoms with Gasteiger partial charge in [0, 0.05) is 47.9 Å². The molecule has 8 heteroatoms. The summed E-state index contributed by atoms with van der Waals surface area (Å²) in [5.41, 5.74) is 3.30. The first-order chi connectivity index (χ1) is 20.0. The summed E-state index contributed by atoms with van der Waals surface area (Å²) in [6.07, 6.45) is 9.84. The molecule has 1 aliphatic carbocycles. The minimum atomic E-state index is 0.0727. The fourth-order valence-corrected chi connectivity index (χ4v) is 6.15. The number of carbonyl (C=O) groups excluding carboxylic acids is 1. The summed E-state index contributed by atoms with van der Waals surface area (Å²) in [6, 6.07) is 16.1. The average Bonchev–Trinajstić information content (AvgIpc) is 3.39. The zero-order valence-electron chi connectivity index (χ0n) is 23.8. The van der Waals surface area contributed by atoms with Gasteiger partial charge in [-0.05, 0) is 74.4 Å². The minimum Gasteiger partial charge on any atom is -0.437 e. The van der Waals surface area contributed by atoms with Crippen LogP contribution in [0.25, 0.3) is 22.0 Å². The van der Waals surface area contributed by atoms with Gasteiger partial charge in [0.25, 0.3) is 0 Å². The number of ether oxygens (including phenoxy) is 1. The second kappa shape index (κ2) is 12.2. The molecule has 0 radical (unpaired) electrons. The average molecular weight is 551 g/mol. The summed E-state index contributed by atoms with van der Waals surface area (Å²) in [5.74, 6) is 2.92. The molecule has 3 heterocycles. The Morgan fingerprint density at radius 3 is 2.76 bits per heavy atom. The molecule has 212 valence electrons. The molecular formula is C33H38N6O2. The van der Waals surface area contributed by atoms with E-state index in [0.29, 0.717) is 41.9 Å². The highest BCUT2D eigenvalue weighted by Crippen LogP contribution is 2.39. The molecule has 6 rings (SSSR count). The zero-order valence-corrected chi connectivity index (χ0v) is 23.8.